The largest absolute Gasteiger partial charge is 0.350 e. The van der Waals surface area contributed by atoms with Gasteiger partial charge in [0.25, 0.3) is 0 Å². The van der Waals surface area contributed by atoms with Crippen LogP contribution in [-0.4, -0.2) is 4.57 Å². The van der Waals surface area contributed by atoms with Gasteiger partial charge in [0.15, 0.2) is 0 Å². The smallest absolute Gasteiger partial charge is 0.0470 e. The molecule has 1 aliphatic rings. The Hall–Kier alpha value is -1.54. The average molecular weight is 282 g/mol. The second-order valence-electron chi connectivity index (χ2n) is 7.43. The van der Waals surface area contributed by atoms with Gasteiger partial charge in [-0.3, -0.25) is 0 Å². The van der Waals surface area contributed by atoms with Crippen molar-refractivity contribution in [3.8, 4) is 0 Å². The summed E-state index contributed by atoms with van der Waals surface area (Å²) in [6.07, 6.45) is 6.94. The first kappa shape index (κ1) is 14.4. The standard InChI is InChI=1S/C19H26N2/c1-19(2,3)17-8-4-14(5-9-17)12-21-11-10-16(13-21)18(20)15-6-7-15/h4-5,8-11,13,15,18H,6-7,12,20H2,1-3H3. The van der Waals surface area contributed by atoms with Crippen molar-refractivity contribution in [2.75, 3.05) is 0 Å². The third kappa shape index (κ3) is 3.38. The Balaban J connectivity index is 1.69. The van der Waals surface area contributed by atoms with Gasteiger partial charge in [0, 0.05) is 25.0 Å². The molecule has 0 radical (unpaired) electrons. The van der Waals surface area contributed by atoms with Gasteiger partial charge in [0.1, 0.15) is 0 Å². The van der Waals surface area contributed by atoms with Crippen molar-refractivity contribution in [2.45, 2.75) is 51.6 Å². The van der Waals surface area contributed by atoms with E-state index in [-0.39, 0.29) is 11.5 Å². The van der Waals surface area contributed by atoms with Crippen LogP contribution in [-0.2, 0) is 12.0 Å². The van der Waals surface area contributed by atoms with Crippen LogP contribution in [0.1, 0.15) is 56.3 Å². The van der Waals surface area contributed by atoms with E-state index in [1.165, 1.54) is 29.5 Å². The van der Waals surface area contributed by atoms with Crippen LogP contribution in [0.15, 0.2) is 42.7 Å². The maximum atomic E-state index is 6.26. The summed E-state index contributed by atoms with van der Waals surface area (Å²) in [5, 5.41) is 0. The molecule has 0 saturated heterocycles. The van der Waals surface area contributed by atoms with E-state index in [1.54, 1.807) is 0 Å². The third-order valence-electron chi connectivity index (χ3n) is 4.47. The normalized spacial score (nSPS) is 17.0. The van der Waals surface area contributed by atoms with E-state index in [9.17, 15) is 0 Å². The summed E-state index contributed by atoms with van der Waals surface area (Å²) in [4.78, 5) is 0. The lowest BCUT2D eigenvalue weighted by Crippen LogP contribution is -2.11. The van der Waals surface area contributed by atoms with Crippen molar-refractivity contribution < 1.29 is 0 Å². The zero-order chi connectivity index (χ0) is 15.0. The minimum Gasteiger partial charge on any atom is -0.350 e. The van der Waals surface area contributed by atoms with Crippen LogP contribution in [0, 0.1) is 5.92 Å². The minimum atomic E-state index is 0.218. The van der Waals surface area contributed by atoms with Gasteiger partial charge in [-0.15, -0.1) is 0 Å². The number of hydrogen-bond donors (Lipinski definition) is 1. The quantitative estimate of drug-likeness (QED) is 0.893. The molecule has 1 heterocycles. The summed E-state index contributed by atoms with van der Waals surface area (Å²) in [5.74, 6) is 0.715. The molecule has 1 fully saturated rings. The average Bonchev–Trinajstić information content (AvgIpc) is 3.18. The molecule has 3 rings (SSSR count). The van der Waals surface area contributed by atoms with E-state index in [0.717, 1.165) is 6.54 Å². The molecule has 1 unspecified atom stereocenters. The molecule has 2 heteroatoms. The van der Waals surface area contributed by atoms with E-state index in [4.69, 9.17) is 5.73 Å². The molecule has 1 aromatic carbocycles. The molecule has 1 aliphatic carbocycles. The highest BCUT2D eigenvalue weighted by Gasteiger charge is 2.29. The predicted octanol–water partition coefficient (Wildman–Crippen LogP) is 4.24. The number of nitrogens with zero attached hydrogens (tertiary/aromatic N) is 1. The fraction of sp³-hybridized carbons (Fsp3) is 0.474. The number of rotatable bonds is 4. The molecule has 2 aromatic rings. The summed E-state index contributed by atoms with van der Waals surface area (Å²) in [6.45, 7) is 7.67. The van der Waals surface area contributed by atoms with Crippen molar-refractivity contribution in [1.29, 1.82) is 0 Å². The lowest BCUT2D eigenvalue weighted by Gasteiger charge is -2.19. The van der Waals surface area contributed by atoms with Crippen LogP contribution in [0.3, 0.4) is 0 Å². The van der Waals surface area contributed by atoms with Crippen molar-refractivity contribution in [3.05, 3.63) is 59.4 Å². The molecule has 0 spiro atoms. The molecule has 2 N–H and O–H groups in total. The van der Waals surface area contributed by atoms with Gasteiger partial charge in [-0.05, 0) is 46.9 Å². The van der Waals surface area contributed by atoms with Crippen molar-refractivity contribution >= 4 is 0 Å². The van der Waals surface area contributed by atoms with E-state index < -0.39 is 0 Å². The van der Waals surface area contributed by atoms with E-state index in [2.05, 4.69) is 68.1 Å². The lowest BCUT2D eigenvalue weighted by molar-refractivity contribution is 0.589. The molecule has 1 aromatic heterocycles. The van der Waals surface area contributed by atoms with Crippen molar-refractivity contribution in [2.24, 2.45) is 11.7 Å². The first-order valence-electron chi connectivity index (χ1n) is 7.94. The van der Waals surface area contributed by atoms with Gasteiger partial charge < -0.3 is 10.3 Å². The van der Waals surface area contributed by atoms with Crippen molar-refractivity contribution in [3.63, 3.8) is 0 Å². The second-order valence-corrected chi connectivity index (χ2v) is 7.43. The van der Waals surface area contributed by atoms with Gasteiger partial charge >= 0.3 is 0 Å². The van der Waals surface area contributed by atoms with Gasteiger partial charge in [-0.1, -0.05) is 45.0 Å². The highest BCUT2D eigenvalue weighted by Crippen LogP contribution is 2.39. The van der Waals surface area contributed by atoms with Crippen LogP contribution in [0.5, 0.6) is 0 Å². The SMILES string of the molecule is CC(C)(C)c1ccc(Cn2ccc(C(N)C3CC3)c2)cc1. The molecular formula is C19H26N2. The third-order valence-corrected chi connectivity index (χ3v) is 4.47. The molecule has 2 nitrogen and oxygen atoms in total. The fourth-order valence-electron chi connectivity index (χ4n) is 2.80. The topological polar surface area (TPSA) is 30.9 Å². The molecule has 0 aliphatic heterocycles. The number of aromatic nitrogens is 1. The maximum absolute atomic E-state index is 6.26. The van der Waals surface area contributed by atoms with Gasteiger partial charge in [0.05, 0.1) is 0 Å². The van der Waals surface area contributed by atoms with Crippen LogP contribution >= 0.6 is 0 Å². The molecule has 112 valence electrons. The molecule has 1 atom stereocenters. The van der Waals surface area contributed by atoms with Crippen LogP contribution in [0.4, 0.5) is 0 Å². The molecule has 0 amide bonds. The summed E-state index contributed by atoms with van der Waals surface area (Å²) in [7, 11) is 0. The predicted molar refractivity (Wildman–Crippen MR) is 88.3 cm³/mol. The molecular weight excluding hydrogens is 256 g/mol. The number of hydrogen-bond acceptors (Lipinski definition) is 1. The Morgan fingerprint density at radius 2 is 1.81 bits per heavy atom. The Labute approximate surface area is 128 Å². The number of benzene rings is 1. The second kappa shape index (κ2) is 5.34. The highest BCUT2D eigenvalue weighted by molar-refractivity contribution is 5.28. The Morgan fingerprint density at radius 3 is 2.38 bits per heavy atom. The van der Waals surface area contributed by atoms with Gasteiger partial charge in [0.2, 0.25) is 0 Å². The zero-order valence-corrected chi connectivity index (χ0v) is 13.3. The first-order chi connectivity index (χ1) is 9.93. The Bertz CT molecular complexity index is 597. The van der Waals surface area contributed by atoms with Gasteiger partial charge in [-0.25, -0.2) is 0 Å². The Morgan fingerprint density at radius 1 is 1.14 bits per heavy atom. The first-order valence-corrected chi connectivity index (χ1v) is 7.94. The monoisotopic (exact) mass is 282 g/mol. The van der Waals surface area contributed by atoms with Crippen LogP contribution in [0.25, 0.3) is 0 Å². The van der Waals surface area contributed by atoms with Crippen LogP contribution < -0.4 is 5.73 Å². The maximum Gasteiger partial charge on any atom is 0.0470 e. The van der Waals surface area contributed by atoms with Crippen LogP contribution in [0.2, 0.25) is 0 Å². The van der Waals surface area contributed by atoms with E-state index >= 15 is 0 Å². The summed E-state index contributed by atoms with van der Waals surface area (Å²) < 4.78 is 2.24. The van der Waals surface area contributed by atoms with Gasteiger partial charge in [-0.2, -0.15) is 0 Å². The van der Waals surface area contributed by atoms with Crippen molar-refractivity contribution in [1.82, 2.24) is 4.57 Å². The Kier molecular flexibility index (Phi) is 3.66. The summed E-state index contributed by atoms with van der Waals surface area (Å²) in [5.41, 5.74) is 10.5. The zero-order valence-electron chi connectivity index (χ0n) is 13.3. The molecule has 1 saturated carbocycles. The lowest BCUT2D eigenvalue weighted by atomic mass is 9.87. The summed E-state index contributed by atoms with van der Waals surface area (Å²) in [6, 6.07) is 11.4. The number of nitrogens with two attached hydrogens (primary N) is 1. The summed E-state index contributed by atoms with van der Waals surface area (Å²) >= 11 is 0. The molecule has 0 bridgehead atoms. The van der Waals surface area contributed by atoms with E-state index in [1.807, 2.05) is 0 Å². The highest BCUT2D eigenvalue weighted by atomic mass is 14.9. The van der Waals surface area contributed by atoms with E-state index in [0.29, 0.717) is 5.92 Å². The molecule has 21 heavy (non-hydrogen) atoms. The fourth-order valence-corrected chi connectivity index (χ4v) is 2.80. The minimum absolute atomic E-state index is 0.218.